The van der Waals surface area contributed by atoms with Crippen LogP contribution in [0.2, 0.25) is 0 Å². The minimum atomic E-state index is 0.497. The van der Waals surface area contributed by atoms with Crippen molar-refractivity contribution in [3.8, 4) is 17.2 Å². The first-order chi connectivity index (χ1) is 12.2. The van der Waals surface area contributed by atoms with E-state index >= 15 is 0 Å². The quantitative estimate of drug-likeness (QED) is 0.600. The normalized spacial score (nSPS) is 10.6. The lowest BCUT2D eigenvalue weighted by Crippen LogP contribution is -2.05. The zero-order valence-electron chi connectivity index (χ0n) is 14.5. The molecular weight excluding hydrogens is 324 g/mol. The van der Waals surface area contributed by atoms with Crippen molar-refractivity contribution in [1.29, 1.82) is 0 Å². The average molecular weight is 344 g/mol. The average Bonchev–Trinajstić information content (AvgIpc) is 3.10. The molecule has 0 saturated heterocycles. The molecule has 0 radical (unpaired) electrons. The van der Waals surface area contributed by atoms with Crippen molar-refractivity contribution in [1.82, 2.24) is 19.9 Å². The highest BCUT2D eigenvalue weighted by atomic mass is 16.5. The molecule has 1 aromatic carbocycles. The number of ether oxygens (including phenoxy) is 3. The predicted molar refractivity (Wildman–Crippen MR) is 95.2 cm³/mol. The van der Waals surface area contributed by atoms with E-state index in [-0.39, 0.29) is 0 Å². The number of H-pyrrole nitrogens is 1. The Morgan fingerprint density at radius 2 is 1.76 bits per heavy atom. The maximum Gasteiger partial charge on any atom is 0.226 e. The van der Waals surface area contributed by atoms with Crippen LogP contribution >= 0.6 is 0 Å². The standard InChI is InChI=1S/C16H20N6O3/c1-5-17-16-21-14-12(18-8-19-14)15(22-16)20-9-6-10(23-2)13(25-4)11(7-9)24-3/h6-8H,5H2,1-4H3,(H3,17,18,19,20,21,22). The molecule has 3 rings (SSSR count). The van der Waals surface area contributed by atoms with Gasteiger partial charge in [0.15, 0.2) is 23.0 Å². The first-order valence-electron chi connectivity index (χ1n) is 7.72. The van der Waals surface area contributed by atoms with Gasteiger partial charge >= 0.3 is 0 Å². The van der Waals surface area contributed by atoms with E-state index in [0.29, 0.717) is 46.7 Å². The van der Waals surface area contributed by atoms with Gasteiger partial charge in [-0.3, -0.25) is 0 Å². The van der Waals surface area contributed by atoms with Crippen LogP contribution < -0.4 is 24.8 Å². The summed E-state index contributed by atoms with van der Waals surface area (Å²) in [5.41, 5.74) is 2.00. The molecule has 0 atom stereocenters. The molecule has 0 aliphatic carbocycles. The Balaban J connectivity index is 2.05. The molecule has 0 unspecified atom stereocenters. The molecule has 3 aromatic rings. The molecule has 3 N–H and O–H groups in total. The topological polar surface area (TPSA) is 106 Å². The van der Waals surface area contributed by atoms with Crippen LogP contribution in [0.3, 0.4) is 0 Å². The predicted octanol–water partition coefficient (Wildman–Crippen LogP) is 2.55. The largest absolute Gasteiger partial charge is 0.493 e. The Kier molecular flexibility index (Phi) is 4.73. The lowest BCUT2D eigenvalue weighted by molar-refractivity contribution is 0.324. The van der Waals surface area contributed by atoms with E-state index in [2.05, 4.69) is 30.6 Å². The number of benzene rings is 1. The van der Waals surface area contributed by atoms with Crippen LogP contribution in [0.5, 0.6) is 17.2 Å². The summed E-state index contributed by atoms with van der Waals surface area (Å²) in [5, 5.41) is 6.35. The van der Waals surface area contributed by atoms with Crippen molar-refractivity contribution < 1.29 is 14.2 Å². The Bertz CT molecular complexity index is 854. The van der Waals surface area contributed by atoms with E-state index in [9.17, 15) is 0 Å². The minimum absolute atomic E-state index is 0.497. The molecule has 25 heavy (non-hydrogen) atoms. The molecule has 0 fully saturated rings. The smallest absolute Gasteiger partial charge is 0.226 e. The van der Waals surface area contributed by atoms with Crippen LogP contribution in [0.1, 0.15) is 6.92 Å². The van der Waals surface area contributed by atoms with E-state index in [1.165, 1.54) is 0 Å². The second-order valence-electron chi connectivity index (χ2n) is 5.07. The highest BCUT2D eigenvalue weighted by Gasteiger charge is 2.15. The number of rotatable bonds is 7. The summed E-state index contributed by atoms with van der Waals surface area (Å²) in [7, 11) is 4.71. The zero-order chi connectivity index (χ0) is 17.8. The number of hydrogen-bond donors (Lipinski definition) is 3. The second-order valence-corrected chi connectivity index (χ2v) is 5.07. The number of fused-ring (bicyclic) bond motifs is 1. The molecule has 0 amide bonds. The van der Waals surface area contributed by atoms with Crippen molar-refractivity contribution in [3.63, 3.8) is 0 Å². The molecule has 0 saturated carbocycles. The molecule has 0 bridgehead atoms. The van der Waals surface area contributed by atoms with Crippen LogP contribution in [0.15, 0.2) is 18.5 Å². The van der Waals surface area contributed by atoms with Crippen LogP contribution in [0, 0.1) is 0 Å². The second kappa shape index (κ2) is 7.12. The Morgan fingerprint density at radius 3 is 2.36 bits per heavy atom. The first-order valence-corrected chi connectivity index (χ1v) is 7.72. The number of hydrogen-bond acceptors (Lipinski definition) is 8. The van der Waals surface area contributed by atoms with E-state index in [4.69, 9.17) is 14.2 Å². The molecule has 0 aliphatic rings. The lowest BCUT2D eigenvalue weighted by atomic mass is 10.2. The van der Waals surface area contributed by atoms with Crippen molar-refractivity contribution in [2.24, 2.45) is 0 Å². The number of imidazole rings is 1. The highest BCUT2D eigenvalue weighted by molar-refractivity contribution is 5.86. The molecule has 2 heterocycles. The zero-order valence-corrected chi connectivity index (χ0v) is 14.5. The van der Waals surface area contributed by atoms with E-state index in [0.717, 1.165) is 5.69 Å². The summed E-state index contributed by atoms with van der Waals surface area (Å²) < 4.78 is 16.1. The van der Waals surface area contributed by atoms with Crippen LogP contribution in [0.25, 0.3) is 11.2 Å². The van der Waals surface area contributed by atoms with Crippen LogP contribution in [-0.4, -0.2) is 47.8 Å². The SMILES string of the molecule is CCNc1nc(Nc2cc(OC)c(OC)c(OC)c2)c2[nH]cnc2n1. The Labute approximate surface area is 144 Å². The summed E-state index contributed by atoms with van der Waals surface area (Å²) in [6, 6.07) is 3.61. The Hall–Kier alpha value is -3.23. The fourth-order valence-electron chi connectivity index (χ4n) is 2.45. The molecule has 9 heteroatoms. The van der Waals surface area contributed by atoms with Crippen LogP contribution in [0.4, 0.5) is 17.5 Å². The minimum Gasteiger partial charge on any atom is -0.493 e. The number of anilines is 3. The summed E-state index contributed by atoms with van der Waals surface area (Å²) >= 11 is 0. The van der Waals surface area contributed by atoms with Gasteiger partial charge in [-0.2, -0.15) is 9.97 Å². The number of nitrogens with zero attached hydrogens (tertiary/aromatic N) is 3. The van der Waals surface area contributed by atoms with E-state index in [1.54, 1.807) is 39.8 Å². The third-order valence-electron chi connectivity index (χ3n) is 3.55. The van der Waals surface area contributed by atoms with Gasteiger partial charge in [-0.15, -0.1) is 0 Å². The lowest BCUT2D eigenvalue weighted by Gasteiger charge is -2.15. The number of aromatic amines is 1. The van der Waals surface area contributed by atoms with Gasteiger partial charge in [0.1, 0.15) is 5.52 Å². The molecular formula is C16H20N6O3. The number of nitrogens with one attached hydrogen (secondary N) is 3. The van der Waals surface area contributed by atoms with Gasteiger partial charge in [0.05, 0.1) is 27.7 Å². The molecule has 132 valence electrons. The third kappa shape index (κ3) is 3.21. The van der Waals surface area contributed by atoms with Gasteiger partial charge in [0.25, 0.3) is 0 Å². The number of methoxy groups -OCH3 is 3. The maximum atomic E-state index is 5.38. The fraction of sp³-hybridized carbons (Fsp3) is 0.312. The van der Waals surface area contributed by atoms with Crippen molar-refractivity contribution >= 4 is 28.6 Å². The van der Waals surface area contributed by atoms with Crippen molar-refractivity contribution in [3.05, 3.63) is 18.5 Å². The summed E-state index contributed by atoms with van der Waals surface area (Å²) in [6.07, 6.45) is 1.58. The Morgan fingerprint density at radius 1 is 1.04 bits per heavy atom. The number of aromatic nitrogens is 4. The molecule has 9 nitrogen and oxygen atoms in total. The van der Waals surface area contributed by atoms with Crippen molar-refractivity contribution in [2.45, 2.75) is 6.92 Å². The van der Waals surface area contributed by atoms with Gasteiger partial charge in [-0.25, -0.2) is 4.98 Å². The third-order valence-corrected chi connectivity index (χ3v) is 3.55. The van der Waals surface area contributed by atoms with Gasteiger partial charge in [0.2, 0.25) is 11.7 Å². The van der Waals surface area contributed by atoms with Gasteiger partial charge in [-0.05, 0) is 6.92 Å². The summed E-state index contributed by atoms with van der Waals surface area (Å²) in [6.45, 7) is 2.68. The van der Waals surface area contributed by atoms with Gasteiger partial charge in [-0.1, -0.05) is 0 Å². The summed E-state index contributed by atoms with van der Waals surface area (Å²) in [4.78, 5) is 16.1. The van der Waals surface area contributed by atoms with Gasteiger partial charge < -0.3 is 29.8 Å². The van der Waals surface area contributed by atoms with Crippen LogP contribution in [-0.2, 0) is 0 Å². The van der Waals surface area contributed by atoms with Gasteiger partial charge in [0, 0.05) is 24.4 Å². The molecule has 0 spiro atoms. The van der Waals surface area contributed by atoms with E-state index < -0.39 is 0 Å². The first kappa shape index (κ1) is 16.6. The molecule has 0 aliphatic heterocycles. The fourth-order valence-corrected chi connectivity index (χ4v) is 2.45. The highest BCUT2D eigenvalue weighted by Crippen LogP contribution is 2.40. The van der Waals surface area contributed by atoms with Crippen molar-refractivity contribution in [2.75, 3.05) is 38.5 Å². The molecule has 2 aromatic heterocycles. The van der Waals surface area contributed by atoms with E-state index in [1.807, 2.05) is 6.92 Å². The monoisotopic (exact) mass is 344 g/mol. The summed E-state index contributed by atoms with van der Waals surface area (Å²) in [5.74, 6) is 2.71. The maximum absolute atomic E-state index is 5.38.